The van der Waals surface area contributed by atoms with E-state index < -0.39 is 0 Å². The van der Waals surface area contributed by atoms with E-state index in [0.29, 0.717) is 0 Å². The van der Waals surface area contributed by atoms with E-state index in [-0.39, 0.29) is 0 Å². The van der Waals surface area contributed by atoms with Crippen LogP contribution in [0.4, 0.5) is 0 Å². The van der Waals surface area contributed by atoms with Gasteiger partial charge in [0.05, 0.1) is 0 Å². The summed E-state index contributed by atoms with van der Waals surface area (Å²) in [6.45, 7) is 3.95. The van der Waals surface area contributed by atoms with Crippen molar-refractivity contribution in [2.45, 2.75) is 6.92 Å². The first-order chi connectivity index (χ1) is 7.34. The number of hydrogen-bond donors (Lipinski definition) is 1. The number of benzene rings is 1. The summed E-state index contributed by atoms with van der Waals surface area (Å²) in [4.78, 5) is 0. The molecule has 2 heteroatoms. The number of hydrogen-bond acceptors (Lipinski definition) is 2. The lowest BCUT2D eigenvalue weighted by Gasteiger charge is -1.95. The number of aryl methyl sites for hydroxylation is 1. The van der Waals surface area contributed by atoms with Crippen LogP contribution < -0.4 is 5.32 Å². The zero-order valence-corrected chi connectivity index (χ0v) is 8.71. The monoisotopic (exact) mass is 199 g/mol. The number of fused-ring (bicyclic) bond motifs is 1. The molecule has 1 N–H and O–H groups in total. The third-order valence-corrected chi connectivity index (χ3v) is 2.87. The minimum absolute atomic E-state index is 0.916. The van der Waals surface area contributed by atoms with Gasteiger partial charge < -0.3 is 9.73 Å². The van der Waals surface area contributed by atoms with Gasteiger partial charge >= 0.3 is 0 Å². The molecule has 2 aromatic rings. The summed E-state index contributed by atoms with van der Waals surface area (Å²) in [7, 11) is 0. The van der Waals surface area contributed by atoms with E-state index in [2.05, 4.69) is 42.6 Å². The van der Waals surface area contributed by atoms with Crippen molar-refractivity contribution in [2.75, 3.05) is 13.1 Å². The molecule has 1 aromatic heterocycles. The topological polar surface area (TPSA) is 25.2 Å². The zero-order chi connectivity index (χ0) is 10.3. The fraction of sp³-hybridized carbons (Fsp3) is 0.231. The quantitative estimate of drug-likeness (QED) is 0.764. The number of furan rings is 1. The SMILES string of the molecule is Cc1cccc2cc(C3=CCNC3)oc12. The van der Waals surface area contributed by atoms with E-state index in [1.807, 2.05) is 0 Å². The molecule has 1 aliphatic rings. The Balaban J connectivity index is 2.18. The third kappa shape index (κ3) is 1.38. The first kappa shape index (κ1) is 8.74. The average Bonchev–Trinajstić information content (AvgIpc) is 2.86. The second-order valence-corrected chi connectivity index (χ2v) is 3.96. The molecule has 0 unspecified atom stereocenters. The molecular formula is C13H13NO. The molecule has 0 bridgehead atoms. The van der Waals surface area contributed by atoms with Crippen molar-refractivity contribution in [3.63, 3.8) is 0 Å². The molecule has 0 saturated carbocycles. The molecule has 0 atom stereocenters. The Morgan fingerprint density at radius 2 is 2.27 bits per heavy atom. The second-order valence-electron chi connectivity index (χ2n) is 3.96. The second kappa shape index (κ2) is 3.24. The molecule has 0 radical (unpaired) electrons. The third-order valence-electron chi connectivity index (χ3n) is 2.87. The summed E-state index contributed by atoms with van der Waals surface area (Å²) in [6.07, 6.45) is 2.19. The largest absolute Gasteiger partial charge is 0.456 e. The van der Waals surface area contributed by atoms with Gasteiger partial charge in [0.25, 0.3) is 0 Å². The van der Waals surface area contributed by atoms with Crippen LogP contribution in [0.3, 0.4) is 0 Å². The summed E-state index contributed by atoms with van der Waals surface area (Å²) < 4.78 is 5.87. The van der Waals surface area contributed by atoms with Gasteiger partial charge in [0.1, 0.15) is 11.3 Å². The van der Waals surface area contributed by atoms with Crippen LogP contribution in [0.5, 0.6) is 0 Å². The molecule has 0 saturated heterocycles. The maximum atomic E-state index is 5.87. The predicted molar refractivity (Wildman–Crippen MR) is 61.8 cm³/mol. The highest BCUT2D eigenvalue weighted by atomic mass is 16.3. The molecule has 0 amide bonds. The molecule has 0 spiro atoms. The maximum Gasteiger partial charge on any atom is 0.137 e. The van der Waals surface area contributed by atoms with Gasteiger partial charge in [-0.2, -0.15) is 0 Å². The minimum atomic E-state index is 0.916. The van der Waals surface area contributed by atoms with Crippen molar-refractivity contribution in [3.05, 3.63) is 41.7 Å². The van der Waals surface area contributed by atoms with E-state index in [0.717, 1.165) is 24.4 Å². The Morgan fingerprint density at radius 1 is 1.33 bits per heavy atom. The average molecular weight is 199 g/mol. The minimum Gasteiger partial charge on any atom is -0.456 e. The first-order valence-corrected chi connectivity index (χ1v) is 5.24. The van der Waals surface area contributed by atoms with Crippen molar-refractivity contribution >= 4 is 16.5 Å². The lowest BCUT2D eigenvalue weighted by molar-refractivity contribution is 0.595. The highest BCUT2D eigenvalue weighted by molar-refractivity contribution is 5.84. The summed E-state index contributed by atoms with van der Waals surface area (Å²) in [5, 5.41) is 4.47. The van der Waals surface area contributed by atoms with Gasteiger partial charge in [0.2, 0.25) is 0 Å². The van der Waals surface area contributed by atoms with Gasteiger partial charge in [-0.3, -0.25) is 0 Å². The number of rotatable bonds is 1. The highest BCUT2D eigenvalue weighted by Gasteiger charge is 2.12. The lowest BCUT2D eigenvalue weighted by atomic mass is 10.1. The maximum absolute atomic E-state index is 5.87. The van der Waals surface area contributed by atoms with Crippen molar-refractivity contribution in [1.82, 2.24) is 5.32 Å². The molecule has 1 aliphatic heterocycles. The van der Waals surface area contributed by atoms with Crippen molar-refractivity contribution in [3.8, 4) is 0 Å². The molecule has 0 aliphatic carbocycles. The van der Waals surface area contributed by atoms with Crippen LogP contribution in [0.15, 0.2) is 34.8 Å². The van der Waals surface area contributed by atoms with E-state index >= 15 is 0 Å². The van der Waals surface area contributed by atoms with Crippen LogP contribution in [0, 0.1) is 6.92 Å². The molecule has 76 valence electrons. The van der Waals surface area contributed by atoms with Gasteiger partial charge in [0, 0.05) is 24.0 Å². The zero-order valence-electron chi connectivity index (χ0n) is 8.71. The molecule has 2 nitrogen and oxygen atoms in total. The lowest BCUT2D eigenvalue weighted by Crippen LogP contribution is -2.07. The van der Waals surface area contributed by atoms with Crippen molar-refractivity contribution in [1.29, 1.82) is 0 Å². The summed E-state index contributed by atoms with van der Waals surface area (Å²) in [5.41, 5.74) is 3.48. The Kier molecular flexibility index (Phi) is 1.89. The van der Waals surface area contributed by atoms with Crippen LogP contribution in [-0.4, -0.2) is 13.1 Å². The van der Waals surface area contributed by atoms with E-state index in [9.17, 15) is 0 Å². The Hall–Kier alpha value is -1.54. The van der Waals surface area contributed by atoms with Gasteiger partial charge in [-0.15, -0.1) is 0 Å². The first-order valence-electron chi connectivity index (χ1n) is 5.24. The van der Waals surface area contributed by atoms with E-state index in [1.54, 1.807) is 0 Å². The van der Waals surface area contributed by atoms with Crippen LogP contribution in [0.25, 0.3) is 16.5 Å². The van der Waals surface area contributed by atoms with Gasteiger partial charge in [0.15, 0.2) is 0 Å². The Morgan fingerprint density at radius 3 is 3.00 bits per heavy atom. The molecule has 1 aromatic carbocycles. The molecular weight excluding hydrogens is 186 g/mol. The fourth-order valence-corrected chi connectivity index (χ4v) is 2.03. The van der Waals surface area contributed by atoms with Crippen molar-refractivity contribution in [2.24, 2.45) is 0 Å². The van der Waals surface area contributed by atoms with Crippen LogP contribution in [0.2, 0.25) is 0 Å². The van der Waals surface area contributed by atoms with E-state index in [4.69, 9.17) is 4.42 Å². The highest BCUT2D eigenvalue weighted by Crippen LogP contribution is 2.27. The molecule has 15 heavy (non-hydrogen) atoms. The van der Waals surface area contributed by atoms with Crippen LogP contribution in [0.1, 0.15) is 11.3 Å². The van der Waals surface area contributed by atoms with Gasteiger partial charge in [-0.25, -0.2) is 0 Å². The van der Waals surface area contributed by atoms with E-state index in [1.165, 1.54) is 16.5 Å². The fourth-order valence-electron chi connectivity index (χ4n) is 2.03. The standard InChI is InChI=1S/C13H13NO/c1-9-3-2-4-10-7-12(15-13(9)10)11-5-6-14-8-11/h2-5,7,14H,6,8H2,1H3. The molecule has 0 fully saturated rings. The predicted octanol–water partition coefficient (Wildman–Crippen LogP) is 2.73. The molecule has 2 heterocycles. The van der Waals surface area contributed by atoms with Crippen LogP contribution >= 0.6 is 0 Å². The number of nitrogens with one attached hydrogen (secondary N) is 1. The van der Waals surface area contributed by atoms with Crippen molar-refractivity contribution < 1.29 is 4.42 Å². The van der Waals surface area contributed by atoms with Crippen LogP contribution in [-0.2, 0) is 0 Å². The smallest absolute Gasteiger partial charge is 0.137 e. The summed E-state index contributed by atoms with van der Waals surface area (Å²) >= 11 is 0. The van der Waals surface area contributed by atoms with Gasteiger partial charge in [-0.1, -0.05) is 24.3 Å². The summed E-state index contributed by atoms with van der Waals surface area (Å²) in [6, 6.07) is 8.37. The Labute approximate surface area is 88.6 Å². The summed E-state index contributed by atoms with van der Waals surface area (Å²) in [5.74, 6) is 1.00. The Bertz CT molecular complexity index is 536. The van der Waals surface area contributed by atoms with Gasteiger partial charge in [-0.05, 0) is 18.6 Å². The normalized spacial score (nSPS) is 15.9. The number of para-hydroxylation sites is 1. The molecule has 3 rings (SSSR count).